The number of phenolic OH excluding ortho intramolecular Hbond substituents is 1. The van der Waals surface area contributed by atoms with Crippen LogP contribution in [0.4, 0.5) is 0 Å². The summed E-state index contributed by atoms with van der Waals surface area (Å²) in [4.78, 5) is 14.8. The number of nitrogens with zero attached hydrogens (tertiary/aromatic N) is 1. The first-order chi connectivity index (χ1) is 12.0. The number of aromatic hydroxyl groups is 1. The van der Waals surface area contributed by atoms with E-state index in [1.165, 1.54) is 6.42 Å². The van der Waals surface area contributed by atoms with Crippen molar-refractivity contribution in [2.45, 2.75) is 52.0 Å². The molecule has 4 nitrogen and oxygen atoms in total. The van der Waals surface area contributed by atoms with Crippen molar-refractivity contribution in [1.82, 2.24) is 4.90 Å². The fourth-order valence-electron chi connectivity index (χ4n) is 4.40. The highest BCUT2D eigenvalue weighted by Crippen LogP contribution is 2.38. The van der Waals surface area contributed by atoms with Crippen LogP contribution in [0.5, 0.6) is 5.75 Å². The number of fused-ring (bicyclic) bond motifs is 3. The molecule has 1 N–H and O–H groups in total. The van der Waals surface area contributed by atoms with Crippen molar-refractivity contribution in [2.24, 2.45) is 5.92 Å². The van der Waals surface area contributed by atoms with Gasteiger partial charge in [0.1, 0.15) is 11.3 Å². The topological polar surface area (TPSA) is 53.7 Å². The van der Waals surface area contributed by atoms with Crippen LogP contribution in [0.3, 0.4) is 0 Å². The molecule has 2 heterocycles. The molecule has 1 aromatic carbocycles. The number of piperidine rings is 1. The van der Waals surface area contributed by atoms with E-state index < -0.39 is 0 Å². The Labute approximate surface area is 152 Å². The van der Waals surface area contributed by atoms with Gasteiger partial charge >= 0.3 is 5.63 Å². The average Bonchev–Trinajstić information content (AvgIpc) is 2.60. The summed E-state index contributed by atoms with van der Waals surface area (Å²) in [6.45, 7) is 4.79. The summed E-state index contributed by atoms with van der Waals surface area (Å²) in [6, 6.07) is 1.77. The number of benzene rings is 1. The first-order valence-corrected chi connectivity index (χ1v) is 9.63. The average molecular weight is 362 g/mol. The van der Waals surface area contributed by atoms with Crippen molar-refractivity contribution in [3.63, 3.8) is 0 Å². The van der Waals surface area contributed by atoms with Crippen LogP contribution < -0.4 is 5.63 Å². The molecule has 0 radical (unpaired) electrons. The van der Waals surface area contributed by atoms with E-state index in [9.17, 15) is 9.90 Å². The van der Waals surface area contributed by atoms with Gasteiger partial charge in [-0.15, -0.1) is 0 Å². The molecular weight excluding hydrogens is 338 g/mol. The van der Waals surface area contributed by atoms with E-state index in [0.717, 1.165) is 61.7 Å². The number of phenols is 1. The molecule has 0 bridgehead atoms. The zero-order chi connectivity index (χ0) is 17.6. The molecule has 134 valence electrons. The van der Waals surface area contributed by atoms with Gasteiger partial charge in [0.25, 0.3) is 0 Å². The first kappa shape index (κ1) is 16.9. The second kappa shape index (κ2) is 6.65. The molecule has 0 amide bonds. The van der Waals surface area contributed by atoms with Crippen LogP contribution in [-0.2, 0) is 19.4 Å². The smallest absolute Gasteiger partial charge is 0.339 e. The van der Waals surface area contributed by atoms with Gasteiger partial charge in [0.05, 0.1) is 10.6 Å². The maximum Gasteiger partial charge on any atom is 0.339 e. The molecule has 1 saturated heterocycles. The summed E-state index contributed by atoms with van der Waals surface area (Å²) in [5.74, 6) is 0.687. The van der Waals surface area contributed by atoms with E-state index in [2.05, 4.69) is 11.8 Å². The monoisotopic (exact) mass is 361 g/mol. The minimum absolute atomic E-state index is 0.0475. The fraction of sp³-hybridized carbons (Fsp3) is 0.550. The maximum absolute atomic E-state index is 12.5. The second-order valence-electron chi connectivity index (χ2n) is 7.60. The molecule has 5 heteroatoms. The van der Waals surface area contributed by atoms with Gasteiger partial charge in [0.15, 0.2) is 0 Å². The summed E-state index contributed by atoms with van der Waals surface area (Å²) < 4.78 is 5.69. The zero-order valence-corrected chi connectivity index (χ0v) is 15.4. The van der Waals surface area contributed by atoms with E-state index in [1.54, 1.807) is 6.07 Å². The molecule has 1 aliphatic carbocycles. The van der Waals surface area contributed by atoms with E-state index in [0.29, 0.717) is 28.6 Å². The van der Waals surface area contributed by atoms with Gasteiger partial charge in [0.2, 0.25) is 0 Å². The van der Waals surface area contributed by atoms with E-state index in [-0.39, 0.29) is 11.4 Å². The minimum atomic E-state index is -0.253. The molecule has 0 spiro atoms. The van der Waals surface area contributed by atoms with Crippen molar-refractivity contribution < 1.29 is 9.52 Å². The third-order valence-electron chi connectivity index (χ3n) is 5.66. The molecule has 1 aliphatic heterocycles. The van der Waals surface area contributed by atoms with Crippen molar-refractivity contribution in [3.8, 4) is 5.75 Å². The van der Waals surface area contributed by atoms with Crippen molar-refractivity contribution in [1.29, 1.82) is 0 Å². The Hall–Kier alpha value is -1.52. The number of halogens is 1. The van der Waals surface area contributed by atoms with Gasteiger partial charge in [-0.25, -0.2) is 4.79 Å². The van der Waals surface area contributed by atoms with Crippen molar-refractivity contribution in [2.75, 3.05) is 13.1 Å². The Morgan fingerprint density at radius 2 is 2.04 bits per heavy atom. The van der Waals surface area contributed by atoms with E-state index in [4.69, 9.17) is 16.0 Å². The SMILES string of the molecule is C[C@H]1CCCN(Cc2c(O)c(Cl)cc3c4c(c(=O)oc23)CCCC4)C1. The zero-order valence-electron chi connectivity index (χ0n) is 14.6. The van der Waals surface area contributed by atoms with Crippen LogP contribution in [0, 0.1) is 5.92 Å². The normalized spacial score (nSPS) is 21.4. The lowest BCUT2D eigenvalue weighted by Gasteiger charge is -2.31. The molecule has 1 fully saturated rings. The molecule has 25 heavy (non-hydrogen) atoms. The Balaban J connectivity index is 1.86. The quantitative estimate of drug-likeness (QED) is 0.812. The van der Waals surface area contributed by atoms with Crippen LogP contribution in [0.2, 0.25) is 5.02 Å². The summed E-state index contributed by atoms with van der Waals surface area (Å²) in [5.41, 5.74) is 2.77. The molecule has 2 aromatic rings. The Kier molecular flexibility index (Phi) is 4.50. The van der Waals surface area contributed by atoms with E-state index in [1.807, 2.05) is 0 Å². The molecule has 4 rings (SSSR count). The largest absolute Gasteiger partial charge is 0.506 e. The molecule has 1 atom stereocenters. The van der Waals surface area contributed by atoms with Crippen LogP contribution in [0.15, 0.2) is 15.3 Å². The van der Waals surface area contributed by atoms with Gasteiger partial charge in [-0.2, -0.15) is 0 Å². The maximum atomic E-state index is 12.5. The van der Waals surface area contributed by atoms with Crippen LogP contribution in [0.25, 0.3) is 11.0 Å². The van der Waals surface area contributed by atoms with Crippen molar-refractivity contribution >= 4 is 22.6 Å². The highest BCUT2D eigenvalue weighted by Gasteiger charge is 2.25. The molecule has 0 unspecified atom stereocenters. The number of hydrogen-bond donors (Lipinski definition) is 1. The number of aryl methyl sites for hydroxylation is 1. The van der Waals surface area contributed by atoms with Crippen LogP contribution >= 0.6 is 11.6 Å². The predicted molar refractivity (Wildman–Crippen MR) is 99.5 cm³/mol. The van der Waals surface area contributed by atoms with Gasteiger partial charge in [-0.1, -0.05) is 18.5 Å². The molecular formula is C20H24ClNO3. The summed E-state index contributed by atoms with van der Waals surface area (Å²) >= 11 is 6.33. The van der Waals surface area contributed by atoms with E-state index >= 15 is 0 Å². The second-order valence-corrected chi connectivity index (χ2v) is 8.01. The van der Waals surface area contributed by atoms with Gasteiger partial charge in [-0.3, -0.25) is 4.90 Å². The van der Waals surface area contributed by atoms with Gasteiger partial charge in [0, 0.05) is 24.0 Å². The Morgan fingerprint density at radius 3 is 2.80 bits per heavy atom. The standard InChI is InChI=1S/C20H24ClNO3/c1-12-5-4-8-22(10-12)11-16-18(23)17(21)9-15-13-6-2-3-7-14(13)20(24)25-19(15)16/h9,12,23H,2-8,10-11H2,1H3/t12-/m0/s1. The van der Waals surface area contributed by atoms with Gasteiger partial charge < -0.3 is 9.52 Å². The van der Waals surface area contributed by atoms with Crippen LogP contribution in [-0.4, -0.2) is 23.1 Å². The van der Waals surface area contributed by atoms with Gasteiger partial charge in [-0.05, 0) is 62.6 Å². The lowest BCUT2D eigenvalue weighted by Crippen LogP contribution is -2.33. The van der Waals surface area contributed by atoms with Crippen LogP contribution in [0.1, 0.15) is 49.3 Å². The third-order valence-corrected chi connectivity index (χ3v) is 5.95. The Morgan fingerprint density at radius 1 is 1.28 bits per heavy atom. The first-order valence-electron chi connectivity index (χ1n) is 9.26. The minimum Gasteiger partial charge on any atom is -0.506 e. The summed E-state index contributed by atoms with van der Waals surface area (Å²) in [7, 11) is 0. The molecule has 1 aromatic heterocycles. The van der Waals surface area contributed by atoms with Crippen molar-refractivity contribution in [3.05, 3.63) is 38.2 Å². The lowest BCUT2D eigenvalue weighted by atomic mass is 9.89. The fourth-order valence-corrected chi connectivity index (χ4v) is 4.62. The highest BCUT2D eigenvalue weighted by atomic mass is 35.5. The molecule has 0 saturated carbocycles. The Bertz CT molecular complexity index is 874. The highest BCUT2D eigenvalue weighted by molar-refractivity contribution is 6.33. The molecule has 2 aliphatic rings. The summed E-state index contributed by atoms with van der Waals surface area (Å²) in [5, 5.41) is 11.8. The number of likely N-dealkylation sites (tertiary alicyclic amines) is 1. The summed E-state index contributed by atoms with van der Waals surface area (Å²) in [6.07, 6.45) is 6.13. The predicted octanol–water partition coefficient (Wildman–Crippen LogP) is 4.26. The number of hydrogen-bond acceptors (Lipinski definition) is 4. The lowest BCUT2D eigenvalue weighted by molar-refractivity contribution is 0.175. The third kappa shape index (κ3) is 3.06. The number of rotatable bonds is 2.